The summed E-state index contributed by atoms with van der Waals surface area (Å²) in [4.78, 5) is 10.7. The topological polar surface area (TPSA) is 38.3 Å². The highest BCUT2D eigenvalue weighted by molar-refractivity contribution is 9.09. The van der Waals surface area contributed by atoms with Gasteiger partial charge in [0.25, 0.3) is 5.91 Å². The number of carbonyl (C=O) groups is 1. The molecule has 1 amide bonds. The van der Waals surface area contributed by atoms with Crippen LogP contribution in [-0.2, 0) is 9.53 Å². The average molecular weight is 196 g/mol. The molecular formula is C5H10BrNO2. The van der Waals surface area contributed by atoms with Gasteiger partial charge < -0.3 is 10.1 Å². The SMILES string of the molecule is CCNC(=O)C(Br)OC. The highest BCUT2D eigenvalue weighted by atomic mass is 79.9. The van der Waals surface area contributed by atoms with Gasteiger partial charge in [0, 0.05) is 13.7 Å². The van der Waals surface area contributed by atoms with E-state index in [0.717, 1.165) is 0 Å². The van der Waals surface area contributed by atoms with E-state index in [9.17, 15) is 4.79 Å². The maximum Gasteiger partial charge on any atom is 0.260 e. The van der Waals surface area contributed by atoms with Crippen LogP contribution in [0.4, 0.5) is 0 Å². The number of likely N-dealkylation sites (N-methyl/N-ethyl adjacent to an activating group) is 1. The largest absolute Gasteiger partial charge is 0.360 e. The molecule has 0 aliphatic carbocycles. The Balaban J connectivity index is 3.46. The van der Waals surface area contributed by atoms with Crippen molar-refractivity contribution in [2.24, 2.45) is 0 Å². The normalized spacial score (nSPS) is 12.8. The summed E-state index contributed by atoms with van der Waals surface area (Å²) in [5, 5.41) is 2.07. The number of hydrogen-bond donors (Lipinski definition) is 1. The van der Waals surface area contributed by atoms with E-state index in [1.54, 1.807) is 0 Å². The molecule has 0 saturated carbocycles. The molecule has 0 rings (SSSR count). The van der Waals surface area contributed by atoms with Gasteiger partial charge in [0.05, 0.1) is 0 Å². The van der Waals surface area contributed by atoms with E-state index in [-0.39, 0.29) is 5.91 Å². The molecule has 1 N–H and O–H groups in total. The standard InChI is InChI=1S/C5H10BrNO2/c1-3-7-5(8)4(6)9-2/h4H,3H2,1-2H3,(H,7,8). The smallest absolute Gasteiger partial charge is 0.260 e. The van der Waals surface area contributed by atoms with Gasteiger partial charge in [0.1, 0.15) is 0 Å². The summed E-state index contributed by atoms with van der Waals surface area (Å²) in [6.07, 6.45) is 0. The maximum absolute atomic E-state index is 10.7. The van der Waals surface area contributed by atoms with E-state index < -0.39 is 5.01 Å². The van der Waals surface area contributed by atoms with Crippen LogP contribution in [0.1, 0.15) is 6.92 Å². The van der Waals surface area contributed by atoms with Gasteiger partial charge in [0.15, 0.2) is 5.01 Å². The van der Waals surface area contributed by atoms with Crippen molar-refractivity contribution in [2.45, 2.75) is 11.9 Å². The summed E-state index contributed by atoms with van der Waals surface area (Å²) in [7, 11) is 1.47. The molecule has 9 heavy (non-hydrogen) atoms. The lowest BCUT2D eigenvalue weighted by atomic mass is 10.6. The first-order chi connectivity index (χ1) is 4.22. The summed E-state index contributed by atoms with van der Waals surface area (Å²) in [5.41, 5.74) is 0. The third kappa shape index (κ3) is 3.48. The molecule has 1 atom stereocenters. The van der Waals surface area contributed by atoms with Crippen LogP contribution in [-0.4, -0.2) is 24.6 Å². The van der Waals surface area contributed by atoms with Crippen LogP contribution >= 0.6 is 15.9 Å². The predicted molar refractivity (Wildman–Crippen MR) is 38.4 cm³/mol. The van der Waals surface area contributed by atoms with E-state index >= 15 is 0 Å². The van der Waals surface area contributed by atoms with Crippen molar-refractivity contribution in [3.63, 3.8) is 0 Å². The van der Waals surface area contributed by atoms with Crippen molar-refractivity contribution in [1.82, 2.24) is 5.32 Å². The zero-order valence-electron chi connectivity index (χ0n) is 5.48. The van der Waals surface area contributed by atoms with E-state index in [4.69, 9.17) is 0 Å². The van der Waals surface area contributed by atoms with Crippen LogP contribution in [0.15, 0.2) is 0 Å². The third-order valence-electron chi connectivity index (χ3n) is 0.764. The van der Waals surface area contributed by atoms with Crippen LogP contribution in [0.25, 0.3) is 0 Å². The van der Waals surface area contributed by atoms with Crippen molar-refractivity contribution >= 4 is 21.8 Å². The fourth-order valence-electron chi connectivity index (χ4n) is 0.362. The molecular weight excluding hydrogens is 186 g/mol. The first-order valence-corrected chi connectivity index (χ1v) is 3.58. The number of rotatable bonds is 3. The number of methoxy groups -OCH3 is 1. The molecule has 0 bridgehead atoms. The monoisotopic (exact) mass is 195 g/mol. The lowest BCUT2D eigenvalue weighted by Gasteiger charge is -2.05. The number of ether oxygens (including phenoxy) is 1. The number of hydrogen-bond acceptors (Lipinski definition) is 2. The molecule has 0 aromatic heterocycles. The van der Waals surface area contributed by atoms with Crippen molar-refractivity contribution in [3.8, 4) is 0 Å². The fourth-order valence-corrected chi connectivity index (χ4v) is 0.523. The summed E-state index contributed by atoms with van der Waals surface area (Å²) in [5.74, 6) is -0.139. The Kier molecular flexibility index (Phi) is 4.71. The lowest BCUT2D eigenvalue weighted by molar-refractivity contribution is -0.126. The van der Waals surface area contributed by atoms with Gasteiger partial charge in [-0.15, -0.1) is 0 Å². The number of amides is 1. The molecule has 3 nitrogen and oxygen atoms in total. The Labute approximate surface area is 62.9 Å². The summed E-state index contributed by atoms with van der Waals surface area (Å²) in [6.45, 7) is 2.48. The molecule has 4 heteroatoms. The first-order valence-electron chi connectivity index (χ1n) is 2.67. The van der Waals surface area contributed by atoms with E-state index in [1.807, 2.05) is 6.92 Å². The molecule has 0 radical (unpaired) electrons. The van der Waals surface area contributed by atoms with Gasteiger partial charge in [-0.2, -0.15) is 0 Å². The fraction of sp³-hybridized carbons (Fsp3) is 0.800. The molecule has 0 fully saturated rings. The highest BCUT2D eigenvalue weighted by Crippen LogP contribution is 1.97. The maximum atomic E-state index is 10.7. The average Bonchev–Trinajstić information content (AvgIpc) is 1.87. The number of halogens is 1. The predicted octanol–water partition coefficient (Wildman–Crippen LogP) is 0.490. The first kappa shape index (κ1) is 8.91. The molecule has 0 aromatic rings. The molecule has 0 heterocycles. The van der Waals surface area contributed by atoms with E-state index in [2.05, 4.69) is 26.0 Å². The Hall–Kier alpha value is -0.0900. The van der Waals surface area contributed by atoms with Gasteiger partial charge in [-0.3, -0.25) is 4.79 Å². The third-order valence-corrected chi connectivity index (χ3v) is 1.55. The van der Waals surface area contributed by atoms with Gasteiger partial charge in [-0.25, -0.2) is 0 Å². The highest BCUT2D eigenvalue weighted by Gasteiger charge is 2.10. The van der Waals surface area contributed by atoms with Gasteiger partial charge in [0.2, 0.25) is 0 Å². The Morgan fingerprint density at radius 1 is 1.89 bits per heavy atom. The Morgan fingerprint density at radius 2 is 2.44 bits per heavy atom. The van der Waals surface area contributed by atoms with Crippen LogP contribution in [0.3, 0.4) is 0 Å². The van der Waals surface area contributed by atoms with Crippen molar-refractivity contribution in [3.05, 3.63) is 0 Å². The molecule has 54 valence electrons. The Bertz CT molecular complexity index is 97.0. The molecule has 1 unspecified atom stereocenters. The van der Waals surface area contributed by atoms with Crippen LogP contribution < -0.4 is 5.32 Å². The number of carbonyl (C=O) groups excluding carboxylic acids is 1. The minimum atomic E-state index is -0.516. The van der Waals surface area contributed by atoms with Crippen molar-refractivity contribution in [2.75, 3.05) is 13.7 Å². The van der Waals surface area contributed by atoms with Gasteiger partial charge in [-0.05, 0) is 22.9 Å². The van der Waals surface area contributed by atoms with Crippen LogP contribution in [0, 0.1) is 0 Å². The minimum Gasteiger partial charge on any atom is -0.360 e. The molecule has 0 aliphatic heterocycles. The number of alkyl halides is 1. The molecule has 0 saturated heterocycles. The second-order valence-electron chi connectivity index (χ2n) is 1.45. The number of nitrogens with one attached hydrogen (secondary N) is 1. The minimum absolute atomic E-state index is 0.139. The van der Waals surface area contributed by atoms with Crippen LogP contribution in [0.2, 0.25) is 0 Å². The summed E-state index contributed by atoms with van der Waals surface area (Å²) >= 11 is 3.01. The molecule has 0 aliphatic rings. The summed E-state index contributed by atoms with van der Waals surface area (Å²) < 4.78 is 4.67. The molecule has 0 aromatic carbocycles. The zero-order chi connectivity index (χ0) is 7.28. The van der Waals surface area contributed by atoms with Crippen LogP contribution in [0.5, 0.6) is 0 Å². The second kappa shape index (κ2) is 4.76. The molecule has 0 spiro atoms. The second-order valence-corrected chi connectivity index (χ2v) is 2.28. The lowest BCUT2D eigenvalue weighted by Crippen LogP contribution is -2.31. The zero-order valence-corrected chi connectivity index (χ0v) is 7.06. The van der Waals surface area contributed by atoms with E-state index in [1.165, 1.54) is 7.11 Å². The quantitative estimate of drug-likeness (QED) is 0.667. The Morgan fingerprint density at radius 3 is 2.78 bits per heavy atom. The van der Waals surface area contributed by atoms with Gasteiger partial charge in [-0.1, -0.05) is 0 Å². The van der Waals surface area contributed by atoms with E-state index in [0.29, 0.717) is 6.54 Å². The summed E-state index contributed by atoms with van der Waals surface area (Å²) in [6, 6.07) is 0. The van der Waals surface area contributed by atoms with Crippen molar-refractivity contribution in [1.29, 1.82) is 0 Å². The van der Waals surface area contributed by atoms with Crippen molar-refractivity contribution < 1.29 is 9.53 Å². The van der Waals surface area contributed by atoms with Gasteiger partial charge >= 0.3 is 0 Å².